The molecule has 58 valence electrons. The molecule has 0 atom stereocenters. The predicted octanol–water partition coefficient (Wildman–Crippen LogP) is 2.56. The number of hydrogen-bond donors (Lipinski definition) is 1. The van der Waals surface area contributed by atoms with Crippen LogP contribution in [0.4, 0.5) is 5.69 Å². The maximum atomic E-state index is 4.30. The van der Waals surface area contributed by atoms with Gasteiger partial charge in [0.1, 0.15) is 0 Å². The van der Waals surface area contributed by atoms with Crippen molar-refractivity contribution in [2.45, 2.75) is 4.90 Å². The molecule has 1 rings (SSSR count). The summed E-state index contributed by atoms with van der Waals surface area (Å²) in [6.07, 6.45) is 1.76. The molecule has 2 heteroatoms. The van der Waals surface area contributed by atoms with Crippen LogP contribution in [0.15, 0.2) is 41.9 Å². The van der Waals surface area contributed by atoms with Crippen molar-refractivity contribution in [3.8, 4) is 0 Å². The van der Waals surface area contributed by atoms with Crippen LogP contribution < -0.4 is 4.90 Å². The fourth-order valence-electron chi connectivity index (χ4n) is 0.861. The Morgan fingerprint density at radius 2 is 2.09 bits per heavy atom. The molecule has 0 aliphatic heterocycles. The van der Waals surface area contributed by atoms with Gasteiger partial charge in [-0.25, -0.2) is 0 Å². The zero-order valence-corrected chi connectivity index (χ0v) is 7.38. The number of benzene rings is 1. The van der Waals surface area contributed by atoms with Gasteiger partial charge in [0.2, 0.25) is 0 Å². The lowest BCUT2D eigenvalue weighted by molar-refractivity contribution is 1.17. The molecular formula is C9H11NS. The maximum absolute atomic E-state index is 4.30. The molecule has 0 N–H and O–H groups in total. The van der Waals surface area contributed by atoms with Crippen molar-refractivity contribution in [3.05, 3.63) is 37.0 Å². The average Bonchev–Trinajstić information content (AvgIpc) is 2.04. The Labute approximate surface area is 72.8 Å². The van der Waals surface area contributed by atoms with Crippen LogP contribution in [0.2, 0.25) is 0 Å². The highest BCUT2D eigenvalue weighted by Crippen LogP contribution is 2.21. The van der Waals surface area contributed by atoms with E-state index in [0.717, 1.165) is 10.6 Å². The molecule has 0 bridgehead atoms. The van der Waals surface area contributed by atoms with Crippen LogP contribution in [-0.2, 0) is 0 Å². The second-order valence-corrected chi connectivity index (χ2v) is 2.76. The van der Waals surface area contributed by atoms with Crippen molar-refractivity contribution in [1.82, 2.24) is 0 Å². The minimum absolute atomic E-state index is 0.968. The summed E-state index contributed by atoms with van der Waals surface area (Å²) in [6, 6.07) is 7.90. The van der Waals surface area contributed by atoms with Gasteiger partial charge in [-0.15, -0.1) is 12.6 Å². The molecule has 1 nitrogen and oxygen atoms in total. The van der Waals surface area contributed by atoms with Crippen LogP contribution >= 0.6 is 12.6 Å². The molecule has 0 unspecified atom stereocenters. The zero-order valence-electron chi connectivity index (χ0n) is 6.49. The number of anilines is 1. The van der Waals surface area contributed by atoms with Gasteiger partial charge in [-0.1, -0.05) is 18.7 Å². The largest absolute Gasteiger partial charge is 0.351 e. The van der Waals surface area contributed by atoms with E-state index in [1.54, 1.807) is 6.20 Å². The minimum atomic E-state index is 0.968. The van der Waals surface area contributed by atoms with Crippen LogP contribution in [0.5, 0.6) is 0 Å². The summed E-state index contributed by atoms with van der Waals surface area (Å²) in [5.41, 5.74) is 1.07. The van der Waals surface area contributed by atoms with Crippen molar-refractivity contribution in [2.75, 3.05) is 11.9 Å². The van der Waals surface area contributed by atoms with Crippen LogP contribution in [0.3, 0.4) is 0 Å². The maximum Gasteiger partial charge on any atom is 0.0538 e. The van der Waals surface area contributed by atoms with Crippen LogP contribution in [0.25, 0.3) is 0 Å². The standard InChI is InChI=1S/C9H11NS/c1-3-10(2)8-6-4-5-7-9(8)11/h3-7,11H,1H2,2H3. The Morgan fingerprint density at radius 1 is 1.45 bits per heavy atom. The molecule has 0 amide bonds. The topological polar surface area (TPSA) is 3.24 Å². The summed E-state index contributed by atoms with van der Waals surface area (Å²) in [4.78, 5) is 2.90. The molecular weight excluding hydrogens is 154 g/mol. The summed E-state index contributed by atoms with van der Waals surface area (Å²) in [5.74, 6) is 0. The van der Waals surface area contributed by atoms with E-state index in [1.807, 2.05) is 36.2 Å². The second-order valence-electron chi connectivity index (χ2n) is 2.28. The van der Waals surface area contributed by atoms with E-state index < -0.39 is 0 Å². The van der Waals surface area contributed by atoms with Gasteiger partial charge in [0, 0.05) is 11.9 Å². The number of nitrogens with zero attached hydrogens (tertiary/aromatic N) is 1. The SMILES string of the molecule is C=CN(C)c1ccccc1S. The Hall–Kier alpha value is -0.890. The molecule has 0 aliphatic rings. The lowest BCUT2D eigenvalue weighted by atomic mass is 10.3. The second kappa shape index (κ2) is 3.49. The summed E-state index contributed by atoms with van der Waals surface area (Å²) in [6.45, 7) is 3.67. The average molecular weight is 165 g/mol. The molecule has 1 aromatic rings. The molecule has 0 fully saturated rings. The first-order valence-corrected chi connectivity index (χ1v) is 3.84. The molecule has 0 saturated carbocycles. The summed E-state index contributed by atoms with van der Waals surface area (Å²) in [5, 5.41) is 0. The van der Waals surface area contributed by atoms with Gasteiger partial charge in [-0.05, 0) is 18.3 Å². The summed E-state index contributed by atoms with van der Waals surface area (Å²) in [7, 11) is 1.95. The van der Waals surface area contributed by atoms with Gasteiger partial charge in [0.25, 0.3) is 0 Å². The van der Waals surface area contributed by atoms with Crippen molar-refractivity contribution in [2.24, 2.45) is 0 Å². The Bertz CT molecular complexity index is 257. The van der Waals surface area contributed by atoms with E-state index in [1.165, 1.54) is 0 Å². The third-order valence-corrected chi connectivity index (χ3v) is 1.91. The molecule has 0 heterocycles. The van der Waals surface area contributed by atoms with Crippen molar-refractivity contribution >= 4 is 18.3 Å². The quantitative estimate of drug-likeness (QED) is 0.659. The highest BCUT2D eigenvalue weighted by atomic mass is 32.1. The minimum Gasteiger partial charge on any atom is -0.351 e. The molecule has 0 aromatic heterocycles. The van der Waals surface area contributed by atoms with Crippen LogP contribution in [0, 0.1) is 0 Å². The molecule has 11 heavy (non-hydrogen) atoms. The van der Waals surface area contributed by atoms with Crippen LogP contribution in [-0.4, -0.2) is 7.05 Å². The van der Waals surface area contributed by atoms with E-state index >= 15 is 0 Å². The van der Waals surface area contributed by atoms with Crippen molar-refractivity contribution in [1.29, 1.82) is 0 Å². The molecule has 1 aromatic carbocycles. The lowest BCUT2D eigenvalue weighted by Gasteiger charge is -2.14. The highest BCUT2D eigenvalue weighted by molar-refractivity contribution is 7.80. The van der Waals surface area contributed by atoms with Crippen molar-refractivity contribution < 1.29 is 0 Å². The van der Waals surface area contributed by atoms with Gasteiger partial charge in [0.05, 0.1) is 5.69 Å². The number of para-hydroxylation sites is 1. The van der Waals surface area contributed by atoms with Crippen molar-refractivity contribution in [3.63, 3.8) is 0 Å². The number of rotatable bonds is 2. The number of hydrogen-bond acceptors (Lipinski definition) is 2. The number of thiol groups is 1. The van der Waals surface area contributed by atoms with Gasteiger partial charge in [-0.3, -0.25) is 0 Å². The summed E-state index contributed by atoms with van der Waals surface area (Å²) >= 11 is 4.30. The smallest absolute Gasteiger partial charge is 0.0538 e. The first-order valence-electron chi connectivity index (χ1n) is 3.39. The fourth-order valence-corrected chi connectivity index (χ4v) is 1.18. The summed E-state index contributed by atoms with van der Waals surface area (Å²) < 4.78 is 0. The van der Waals surface area contributed by atoms with Crippen LogP contribution in [0.1, 0.15) is 0 Å². The Kier molecular flexibility index (Phi) is 2.60. The molecule has 0 saturated heterocycles. The van der Waals surface area contributed by atoms with E-state index in [4.69, 9.17) is 0 Å². The predicted molar refractivity (Wildman–Crippen MR) is 52.3 cm³/mol. The highest BCUT2D eigenvalue weighted by Gasteiger charge is 1.98. The Balaban J connectivity index is 3.02. The van der Waals surface area contributed by atoms with E-state index in [-0.39, 0.29) is 0 Å². The Morgan fingerprint density at radius 3 is 2.64 bits per heavy atom. The first kappa shape index (κ1) is 8.21. The normalized spacial score (nSPS) is 9.27. The monoisotopic (exact) mass is 165 g/mol. The third-order valence-electron chi connectivity index (χ3n) is 1.54. The fraction of sp³-hybridized carbons (Fsp3) is 0.111. The molecule has 0 radical (unpaired) electrons. The van der Waals surface area contributed by atoms with Gasteiger partial charge < -0.3 is 4.90 Å². The first-order chi connectivity index (χ1) is 5.25. The lowest BCUT2D eigenvalue weighted by Crippen LogP contribution is -2.07. The van der Waals surface area contributed by atoms with Gasteiger partial charge in [-0.2, -0.15) is 0 Å². The third kappa shape index (κ3) is 1.77. The zero-order chi connectivity index (χ0) is 8.27. The van der Waals surface area contributed by atoms with Gasteiger partial charge >= 0.3 is 0 Å². The van der Waals surface area contributed by atoms with E-state index in [9.17, 15) is 0 Å². The molecule has 0 aliphatic carbocycles. The molecule has 0 spiro atoms. The van der Waals surface area contributed by atoms with E-state index in [0.29, 0.717) is 0 Å². The van der Waals surface area contributed by atoms with E-state index in [2.05, 4.69) is 19.2 Å². The van der Waals surface area contributed by atoms with Gasteiger partial charge in [0.15, 0.2) is 0 Å².